The molecule has 0 fully saturated rings. The van der Waals surface area contributed by atoms with E-state index in [9.17, 15) is 14.4 Å². The van der Waals surface area contributed by atoms with Crippen LogP contribution in [0.25, 0.3) is 0 Å². The molecule has 0 aromatic heterocycles. The van der Waals surface area contributed by atoms with Gasteiger partial charge in [-0.05, 0) is 48.0 Å². The molecule has 0 aliphatic rings. The summed E-state index contributed by atoms with van der Waals surface area (Å²) in [7, 11) is 0. The van der Waals surface area contributed by atoms with Crippen LogP contribution in [0.5, 0.6) is 0 Å². The molecule has 8 nitrogen and oxygen atoms in total. The van der Waals surface area contributed by atoms with Gasteiger partial charge in [-0.25, -0.2) is 4.79 Å². The highest BCUT2D eigenvalue weighted by Gasteiger charge is 2.22. The Labute approximate surface area is 143 Å². The van der Waals surface area contributed by atoms with Crippen LogP contribution in [0.3, 0.4) is 0 Å². The van der Waals surface area contributed by atoms with E-state index in [0.717, 1.165) is 0 Å². The molecule has 0 bridgehead atoms. The van der Waals surface area contributed by atoms with E-state index in [1.54, 1.807) is 41.5 Å². The summed E-state index contributed by atoms with van der Waals surface area (Å²) in [5.41, 5.74) is 4.53. The van der Waals surface area contributed by atoms with Crippen molar-refractivity contribution < 1.29 is 23.9 Å². The number of carbonyl (C=O) groups is 3. The van der Waals surface area contributed by atoms with Crippen molar-refractivity contribution in [2.75, 3.05) is 13.1 Å². The second kappa shape index (κ2) is 9.46. The molecule has 0 rings (SSSR count). The lowest BCUT2D eigenvalue weighted by molar-refractivity contribution is -0.156. The number of nitrogens with one attached hydrogen (secondary N) is 2. The van der Waals surface area contributed by atoms with Gasteiger partial charge >= 0.3 is 12.1 Å². The fourth-order valence-electron chi connectivity index (χ4n) is 1.55. The molecule has 0 aliphatic heterocycles. The number of nitrogens with two attached hydrogens (primary N) is 1. The molecular formula is C16H31N3O5. The van der Waals surface area contributed by atoms with Crippen molar-refractivity contribution in [3.63, 3.8) is 0 Å². The topological polar surface area (TPSA) is 120 Å². The molecule has 0 aromatic rings. The molecule has 8 heteroatoms. The number of carbonyl (C=O) groups excluding carboxylic acids is 3. The monoisotopic (exact) mass is 345 g/mol. The number of esters is 1. The lowest BCUT2D eigenvalue weighted by Gasteiger charge is -2.22. The highest BCUT2D eigenvalue weighted by atomic mass is 16.6. The first kappa shape index (κ1) is 22.2. The number of rotatable bonds is 7. The van der Waals surface area contributed by atoms with Gasteiger partial charge in [0.25, 0.3) is 0 Å². The molecule has 0 heterocycles. The molecule has 2 amide bonds. The molecule has 0 aromatic carbocycles. The molecule has 0 saturated heterocycles. The molecule has 140 valence electrons. The Hall–Kier alpha value is -1.83. The third-order valence-corrected chi connectivity index (χ3v) is 2.51. The smallest absolute Gasteiger partial charge is 0.407 e. The predicted octanol–water partition coefficient (Wildman–Crippen LogP) is 1.08. The van der Waals surface area contributed by atoms with E-state index in [2.05, 4.69) is 10.6 Å². The van der Waals surface area contributed by atoms with Gasteiger partial charge in [-0.2, -0.15) is 0 Å². The van der Waals surface area contributed by atoms with Crippen LogP contribution in [0.15, 0.2) is 0 Å². The number of hydrogen-bond donors (Lipinski definition) is 3. The zero-order valence-corrected chi connectivity index (χ0v) is 15.5. The van der Waals surface area contributed by atoms with Crippen LogP contribution in [-0.4, -0.2) is 48.3 Å². The van der Waals surface area contributed by atoms with Crippen LogP contribution in [0, 0.1) is 0 Å². The average Bonchev–Trinajstić information content (AvgIpc) is 2.37. The summed E-state index contributed by atoms with van der Waals surface area (Å²) in [6.45, 7) is 11.1. The predicted molar refractivity (Wildman–Crippen MR) is 90.3 cm³/mol. The molecule has 0 spiro atoms. The Morgan fingerprint density at radius 1 is 0.917 bits per heavy atom. The summed E-state index contributed by atoms with van der Waals surface area (Å²) in [6, 6.07) is -0.838. The van der Waals surface area contributed by atoms with Crippen molar-refractivity contribution in [1.82, 2.24) is 10.6 Å². The first-order valence-electron chi connectivity index (χ1n) is 8.02. The van der Waals surface area contributed by atoms with Crippen molar-refractivity contribution in [1.29, 1.82) is 0 Å². The maximum atomic E-state index is 11.7. The maximum Gasteiger partial charge on any atom is 0.407 e. The van der Waals surface area contributed by atoms with Gasteiger partial charge in [0.1, 0.15) is 17.2 Å². The van der Waals surface area contributed by atoms with Crippen LogP contribution < -0.4 is 16.4 Å². The summed E-state index contributed by atoms with van der Waals surface area (Å²) in [5, 5.41) is 5.16. The summed E-state index contributed by atoms with van der Waals surface area (Å²) < 4.78 is 10.2. The molecule has 1 unspecified atom stereocenters. The average molecular weight is 345 g/mol. The standard InChI is InChI=1S/C16H31N3O5/c1-15(2,3)23-13(21)11(17)7-8-12(20)18-9-10-19-14(22)24-16(4,5)6/h11H,7-10,17H2,1-6H3,(H,18,20)(H,19,22). The first-order valence-corrected chi connectivity index (χ1v) is 8.02. The highest BCUT2D eigenvalue weighted by molar-refractivity contribution is 5.79. The van der Waals surface area contributed by atoms with Crippen LogP contribution in [0.2, 0.25) is 0 Å². The molecule has 4 N–H and O–H groups in total. The Balaban J connectivity index is 3.88. The number of ether oxygens (including phenoxy) is 2. The SMILES string of the molecule is CC(C)(C)OC(=O)NCCNC(=O)CCC(N)C(=O)OC(C)(C)C. The Kier molecular flexibility index (Phi) is 8.74. The van der Waals surface area contributed by atoms with E-state index in [-0.39, 0.29) is 31.8 Å². The Morgan fingerprint density at radius 2 is 1.42 bits per heavy atom. The van der Waals surface area contributed by atoms with Gasteiger partial charge in [0.2, 0.25) is 5.91 Å². The van der Waals surface area contributed by atoms with Gasteiger partial charge in [0.05, 0.1) is 0 Å². The largest absolute Gasteiger partial charge is 0.459 e. The third-order valence-electron chi connectivity index (χ3n) is 2.51. The second-order valence-electron chi connectivity index (χ2n) is 7.46. The minimum Gasteiger partial charge on any atom is -0.459 e. The summed E-state index contributed by atoms with van der Waals surface area (Å²) in [6.07, 6.45) is -0.240. The fourth-order valence-corrected chi connectivity index (χ4v) is 1.55. The fraction of sp³-hybridized carbons (Fsp3) is 0.812. The summed E-state index contributed by atoms with van der Waals surface area (Å²) >= 11 is 0. The molecule has 0 saturated carbocycles. The van der Waals surface area contributed by atoms with Gasteiger partial charge in [-0.1, -0.05) is 0 Å². The molecule has 0 aliphatic carbocycles. The summed E-state index contributed by atoms with van der Waals surface area (Å²) in [4.78, 5) is 34.7. The van der Waals surface area contributed by atoms with Crippen molar-refractivity contribution >= 4 is 18.0 Å². The second-order valence-corrected chi connectivity index (χ2v) is 7.46. The van der Waals surface area contributed by atoms with Crippen LogP contribution in [0.1, 0.15) is 54.4 Å². The molecule has 24 heavy (non-hydrogen) atoms. The number of hydrogen-bond acceptors (Lipinski definition) is 6. The Bertz CT molecular complexity index is 438. The van der Waals surface area contributed by atoms with E-state index >= 15 is 0 Å². The van der Waals surface area contributed by atoms with E-state index in [1.165, 1.54) is 0 Å². The third kappa shape index (κ3) is 12.7. The first-order chi connectivity index (χ1) is 10.8. The highest BCUT2D eigenvalue weighted by Crippen LogP contribution is 2.09. The number of alkyl carbamates (subject to hydrolysis) is 1. The molecular weight excluding hydrogens is 314 g/mol. The van der Waals surface area contributed by atoms with Gasteiger partial charge in [-0.15, -0.1) is 0 Å². The minimum absolute atomic E-state index is 0.104. The van der Waals surface area contributed by atoms with Crippen LogP contribution >= 0.6 is 0 Å². The lowest BCUT2D eigenvalue weighted by atomic mass is 10.1. The normalized spacial score (nSPS) is 13.0. The quantitative estimate of drug-likeness (QED) is 0.469. The molecule has 0 radical (unpaired) electrons. The van der Waals surface area contributed by atoms with Gasteiger partial charge in [0, 0.05) is 19.5 Å². The lowest BCUT2D eigenvalue weighted by Crippen LogP contribution is -2.39. The van der Waals surface area contributed by atoms with E-state index < -0.39 is 29.3 Å². The minimum atomic E-state index is -0.838. The van der Waals surface area contributed by atoms with Crippen LogP contribution in [-0.2, 0) is 19.1 Å². The van der Waals surface area contributed by atoms with Gasteiger partial charge in [-0.3, -0.25) is 9.59 Å². The zero-order valence-electron chi connectivity index (χ0n) is 15.5. The van der Waals surface area contributed by atoms with Crippen molar-refractivity contribution in [2.45, 2.75) is 71.6 Å². The molecule has 1 atom stereocenters. The van der Waals surface area contributed by atoms with Crippen molar-refractivity contribution in [2.24, 2.45) is 5.73 Å². The maximum absolute atomic E-state index is 11.7. The van der Waals surface area contributed by atoms with E-state index in [1.807, 2.05) is 0 Å². The van der Waals surface area contributed by atoms with E-state index in [4.69, 9.17) is 15.2 Å². The van der Waals surface area contributed by atoms with Crippen molar-refractivity contribution in [3.05, 3.63) is 0 Å². The van der Waals surface area contributed by atoms with E-state index in [0.29, 0.717) is 0 Å². The van der Waals surface area contributed by atoms with Gasteiger partial charge < -0.3 is 25.8 Å². The van der Waals surface area contributed by atoms with Crippen molar-refractivity contribution in [3.8, 4) is 0 Å². The summed E-state index contributed by atoms with van der Waals surface area (Å²) in [5.74, 6) is -0.776. The Morgan fingerprint density at radius 3 is 1.92 bits per heavy atom. The number of amides is 2. The van der Waals surface area contributed by atoms with Gasteiger partial charge in [0.15, 0.2) is 0 Å². The zero-order chi connectivity index (χ0) is 19.0. The van der Waals surface area contributed by atoms with Crippen LogP contribution in [0.4, 0.5) is 4.79 Å².